The molecule has 5 heteroatoms. The lowest BCUT2D eigenvalue weighted by molar-refractivity contribution is -0.139. The number of amides is 1. The first kappa shape index (κ1) is 28.1. The Bertz CT molecular complexity index is 648. The summed E-state index contributed by atoms with van der Waals surface area (Å²) in [5.41, 5.74) is 1.38. The number of hydrogen-bond donors (Lipinski definition) is 2. The van der Waals surface area contributed by atoms with Crippen molar-refractivity contribution >= 4 is 5.91 Å². The molecule has 0 unspecified atom stereocenters. The molecule has 0 saturated heterocycles. The fourth-order valence-electron chi connectivity index (χ4n) is 5.82. The van der Waals surface area contributed by atoms with E-state index in [0.717, 1.165) is 32.1 Å². The third-order valence-corrected chi connectivity index (χ3v) is 7.39. The van der Waals surface area contributed by atoms with Gasteiger partial charge in [0.05, 0.1) is 18.8 Å². The van der Waals surface area contributed by atoms with Crippen molar-refractivity contribution in [2.75, 3.05) is 13.2 Å². The lowest BCUT2D eigenvalue weighted by Gasteiger charge is -2.30. The zero-order valence-electron chi connectivity index (χ0n) is 21.9. The average molecular weight is 464 g/mol. The van der Waals surface area contributed by atoms with E-state index in [4.69, 9.17) is 4.74 Å². The van der Waals surface area contributed by atoms with Crippen molar-refractivity contribution in [3.05, 3.63) is 23.8 Å². The van der Waals surface area contributed by atoms with Gasteiger partial charge in [-0.05, 0) is 71.1 Å². The van der Waals surface area contributed by atoms with Crippen LogP contribution in [0.4, 0.5) is 0 Å². The van der Waals surface area contributed by atoms with E-state index in [9.17, 15) is 15.0 Å². The first-order valence-corrected chi connectivity index (χ1v) is 13.3. The molecule has 5 nitrogen and oxygen atoms in total. The van der Waals surface area contributed by atoms with Crippen LogP contribution < -0.4 is 0 Å². The summed E-state index contributed by atoms with van der Waals surface area (Å²) in [5.74, 6) is 1.50. The van der Waals surface area contributed by atoms with Crippen LogP contribution in [-0.4, -0.2) is 58.5 Å². The number of nitrogens with zero attached hydrogens (tertiary/aromatic N) is 1. The molecular formula is C28H49NO4. The number of fused-ring (bicyclic) bond motifs is 1. The van der Waals surface area contributed by atoms with Crippen molar-refractivity contribution in [2.24, 2.45) is 23.7 Å². The van der Waals surface area contributed by atoms with E-state index in [1.165, 1.54) is 18.4 Å². The highest BCUT2D eigenvalue weighted by Gasteiger charge is 2.43. The smallest absolute Gasteiger partial charge is 0.249 e. The van der Waals surface area contributed by atoms with Crippen molar-refractivity contribution in [1.29, 1.82) is 0 Å². The van der Waals surface area contributed by atoms with Crippen LogP contribution in [0.1, 0.15) is 86.5 Å². The topological polar surface area (TPSA) is 70.0 Å². The molecule has 2 aliphatic rings. The highest BCUT2D eigenvalue weighted by atomic mass is 16.5. The zero-order chi connectivity index (χ0) is 24.5. The molecule has 1 fully saturated rings. The van der Waals surface area contributed by atoms with E-state index in [0.29, 0.717) is 24.4 Å². The fourth-order valence-corrected chi connectivity index (χ4v) is 5.82. The van der Waals surface area contributed by atoms with Crippen molar-refractivity contribution < 1.29 is 19.7 Å². The Hall–Kier alpha value is -1.17. The van der Waals surface area contributed by atoms with Gasteiger partial charge in [0.15, 0.2) is 0 Å². The van der Waals surface area contributed by atoms with Crippen LogP contribution >= 0.6 is 0 Å². The Kier molecular flexibility index (Phi) is 11.6. The SMILES string of the molecule is CCCC[C@H](C)C[C@H](O)/C=C/[C@@H]1[C@H]2CC(CCOCC(=O)N(C(C)C)C(C)C)=C[C@H]2C[C@H]1O. The van der Waals surface area contributed by atoms with Gasteiger partial charge in [-0.3, -0.25) is 4.79 Å². The number of rotatable bonds is 14. The van der Waals surface area contributed by atoms with E-state index < -0.39 is 6.10 Å². The van der Waals surface area contributed by atoms with Gasteiger partial charge in [-0.2, -0.15) is 0 Å². The van der Waals surface area contributed by atoms with E-state index in [1.807, 2.05) is 38.7 Å². The number of carbonyl (C=O) groups excluding carboxylic acids is 1. The standard InChI is InChI=1S/C28H49NO4/c1-7-8-9-21(6)14-24(30)10-11-25-26-16-22(15-23(26)17-27(25)31)12-13-33-18-28(32)29(19(2)3)20(4)5/h10-11,15,19-21,23-27,30-31H,7-9,12-14,16-18H2,1-6H3/b11-10+/t21-,23-,24+,25+,26-,27+/m0/s1. The second-order valence-electron chi connectivity index (χ2n) is 11.0. The molecule has 0 heterocycles. The van der Waals surface area contributed by atoms with Gasteiger partial charge in [-0.15, -0.1) is 0 Å². The van der Waals surface area contributed by atoms with E-state index in [2.05, 4.69) is 26.0 Å². The molecule has 0 aliphatic heterocycles. The summed E-state index contributed by atoms with van der Waals surface area (Å²) in [6, 6.07) is 0.347. The summed E-state index contributed by atoms with van der Waals surface area (Å²) in [4.78, 5) is 14.3. The van der Waals surface area contributed by atoms with Crippen molar-refractivity contribution in [3.63, 3.8) is 0 Å². The molecule has 0 aromatic heterocycles. The highest BCUT2D eigenvalue weighted by Crippen LogP contribution is 2.48. The molecule has 0 spiro atoms. The monoisotopic (exact) mass is 463 g/mol. The maximum atomic E-state index is 12.4. The highest BCUT2D eigenvalue weighted by molar-refractivity contribution is 5.78. The van der Waals surface area contributed by atoms with Crippen LogP contribution in [0, 0.1) is 23.7 Å². The maximum Gasteiger partial charge on any atom is 0.249 e. The molecule has 0 bridgehead atoms. The van der Waals surface area contributed by atoms with Gasteiger partial charge in [-0.25, -0.2) is 0 Å². The molecule has 0 aromatic carbocycles. The van der Waals surface area contributed by atoms with E-state index in [1.54, 1.807) is 0 Å². The number of carbonyl (C=O) groups is 1. The molecule has 1 amide bonds. The minimum Gasteiger partial charge on any atom is -0.392 e. The third kappa shape index (κ3) is 8.52. The number of allylic oxidation sites excluding steroid dienone is 1. The van der Waals surface area contributed by atoms with Crippen molar-refractivity contribution in [1.82, 2.24) is 4.90 Å². The molecule has 2 aliphatic carbocycles. The number of ether oxygens (including phenoxy) is 1. The lowest BCUT2D eigenvalue weighted by Crippen LogP contribution is -2.44. The van der Waals surface area contributed by atoms with Gasteiger partial charge >= 0.3 is 0 Å². The van der Waals surface area contributed by atoms with Gasteiger partial charge in [0.1, 0.15) is 6.61 Å². The predicted molar refractivity (Wildman–Crippen MR) is 135 cm³/mol. The van der Waals surface area contributed by atoms with Crippen LogP contribution in [0.3, 0.4) is 0 Å². The van der Waals surface area contributed by atoms with Crippen molar-refractivity contribution in [3.8, 4) is 0 Å². The third-order valence-electron chi connectivity index (χ3n) is 7.39. The minimum absolute atomic E-state index is 0.0492. The lowest BCUT2D eigenvalue weighted by atomic mass is 9.88. The van der Waals surface area contributed by atoms with Gasteiger partial charge in [0.2, 0.25) is 5.91 Å². The average Bonchev–Trinajstić information content (AvgIpc) is 3.23. The summed E-state index contributed by atoms with van der Waals surface area (Å²) in [6.07, 6.45) is 12.5. The van der Waals surface area contributed by atoms with E-state index in [-0.39, 0.29) is 36.6 Å². The molecule has 1 saturated carbocycles. The van der Waals surface area contributed by atoms with Crippen molar-refractivity contribution in [2.45, 2.75) is 111 Å². The summed E-state index contributed by atoms with van der Waals surface area (Å²) in [6.45, 7) is 13.2. The Balaban J connectivity index is 1.77. The van der Waals surface area contributed by atoms with Gasteiger partial charge < -0.3 is 19.8 Å². The molecule has 190 valence electrons. The largest absolute Gasteiger partial charge is 0.392 e. The molecule has 2 N–H and O–H groups in total. The molecular weight excluding hydrogens is 414 g/mol. The summed E-state index contributed by atoms with van der Waals surface area (Å²) < 4.78 is 5.72. The molecule has 2 rings (SSSR count). The first-order chi connectivity index (χ1) is 15.6. The zero-order valence-corrected chi connectivity index (χ0v) is 21.9. The number of aliphatic hydroxyl groups is 2. The van der Waals surface area contributed by atoms with Crippen LogP contribution in [0.2, 0.25) is 0 Å². The second kappa shape index (κ2) is 13.7. The summed E-state index contributed by atoms with van der Waals surface area (Å²) in [5, 5.41) is 21.0. The Morgan fingerprint density at radius 1 is 1.24 bits per heavy atom. The maximum absolute atomic E-state index is 12.4. The van der Waals surface area contributed by atoms with Crippen LogP contribution in [0.25, 0.3) is 0 Å². The first-order valence-electron chi connectivity index (χ1n) is 13.3. The molecule has 6 atom stereocenters. The number of hydrogen-bond acceptors (Lipinski definition) is 4. The Morgan fingerprint density at radius 3 is 2.58 bits per heavy atom. The number of aliphatic hydroxyl groups excluding tert-OH is 2. The van der Waals surface area contributed by atoms with Crippen LogP contribution in [0.5, 0.6) is 0 Å². The van der Waals surface area contributed by atoms with Crippen LogP contribution in [0.15, 0.2) is 23.8 Å². The molecule has 0 aromatic rings. The Morgan fingerprint density at radius 2 is 1.94 bits per heavy atom. The van der Waals surface area contributed by atoms with Gasteiger partial charge in [0.25, 0.3) is 0 Å². The molecule has 0 radical (unpaired) electrons. The van der Waals surface area contributed by atoms with E-state index >= 15 is 0 Å². The Labute approximate surface area is 202 Å². The van der Waals surface area contributed by atoms with Gasteiger partial charge in [-0.1, -0.05) is 56.9 Å². The second-order valence-corrected chi connectivity index (χ2v) is 11.0. The summed E-state index contributed by atoms with van der Waals surface area (Å²) in [7, 11) is 0. The molecule has 33 heavy (non-hydrogen) atoms. The number of unbranched alkanes of at least 4 members (excludes halogenated alkanes) is 1. The van der Waals surface area contributed by atoms with Crippen LogP contribution in [-0.2, 0) is 9.53 Å². The quantitative estimate of drug-likeness (QED) is 0.277. The fraction of sp³-hybridized carbons (Fsp3) is 0.821. The van der Waals surface area contributed by atoms with Gasteiger partial charge in [0, 0.05) is 18.0 Å². The summed E-state index contributed by atoms with van der Waals surface area (Å²) >= 11 is 0. The minimum atomic E-state index is -0.431. The predicted octanol–water partition coefficient (Wildman–Crippen LogP) is 5.12. The normalized spacial score (nSPS) is 26.8.